The SMILES string of the molecule is CCc1cccc(CC)c1NC(=O)c1ccccc1N1C(=O)[C@@H]2[C@H]3C=C[C@@H]([C@@H]4C[C@H]34)[C@@H]2C1=O. The molecular formula is C28H28N2O3. The van der Waals surface area contributed by atoms with Crippen LogP contribution in [0.5, 0.6) is 0 Å². The van der Waals surface area contributed by atoms with Crippen molar-refractivity contribution in [3.8, 4) is 0 Å². The van der Waals surface area contributed by atoms with E-state index < -0.39 is 0 Å². The van der Waals surface area contributed by atoms with Crippen molar-refractivity contribution < 1.29 is 14.4 Å². The smallest absolute Gasteiger partial charge is 0.257 e. The monoisotopic (exact) mass is 440 g/mol. The lowest BCUT2D eigenvalue weighted by atomic mass is 9.63. The van der Waals surface area contributed by atoms with Gasteiger partial charge in [-0.05, 0) is 66.2 Å². The number of hydrogen-bond donors (Lipinski definition) is 1. The number of nitrogens with one attached hydrogen (secondary N) is 1. The summed E-state index contributed by atoms with van der Waals surface area (Å²) in [6.07, 6.45) is 7.07. The molecule has 33 heavy (non-hydrogen) atoms. The first-order valence-electron chi connectivity index (χ1n) is 12.1. The molecule has 1 aliphatic heterocycles. The Labute approximate surface area is 193 Å². The molecule has 5 nitrogen and oxygen atoms in total. The van der Waals surface area contributed by atoms with E-state index >= 15 is 0 Å². The van der Waals surface area contributed by atoms with Gasteiger partial charge < -0.3 is 5.32 Å². The highest BCUT2D eigenvalue weighted by Crippen LogP contribution is 2.65. The highest BCUT2D eigenvalue weighted by molar-refractivity contribution is 6.25. The van der Waals surface area contributed by atoms with E-state index in [1.807, 2.05) is 18.2 Å². The zero-order valence-electron chi connectivity index (χ0n) is 19.0. The van der Waals surface area contributed by atoms with E-state index in [9.17, 15) is 14.4 Å². The third-order valence-electron chi connectivity index (χ3n) is 8.29. The van der Waals surface area contributed by atoms with Gasteiger partial charge in [0.1, 0.15) is 0 Å². The molecule has 2 aromatic rings. The summed E-state index contributed by atoms with van der Waals surface area (Å²) in [6, 6.07) is 13.1. The molecule has 0 aromatic heterocycles. The number of amides is 3. The first-order valence-corrected chi connectivity index (χ1v) is 12.1. The molecule has 0 spiro atoms. The number of hydrogen-bond acceptors (Lipinski definition) is 3. The summed E-state index contributed by atoms with van der Waals surface area (Å²) in [4.78, 5) is 42.0. The number of nitrogens with zero attached hydrogens (tertiary/aromatic N) is 1. The van der Waals surface area contributed by atoms with E-state index in [-0.39, 0.29) is 41.4 Å². The van der Waals surface area contributed by atoms with Gasteiger partial charge in [-0.2, -0.15) is 0 Å². The van der Waals surface area contributed by atoms with Gasteiger partial charge in [-0.3, -0.25) is 14.4 Å². The van der Waals surface area contributed by atoms with Crippen LogP contribution in [0.2, 0.25) is 0 Å². The number of para-hydroxylation sites is 2. The highest BCUT2D eigenvalue weighted by atomic mass is 16.2. The van der Waals surface area contributed by atoms with Crippen LogP contribution in [0.3, 0.4) is 0 Å². The minimum absolute atomic E-state index is 0.141. The summed E-state index contributed by atoms with van der Waals surface area (Å²) in [7, 11) is 0. The van der Waals surface area contributed by atoms with Gasteiger partial charge in [-0.1, -0.05) is 56.3 Å². The first kappa shape index (κ1) is 20.4. The lowest BCUT2D eigenvalue weighted by Crippen LogP contribution is -2.40. The molecule has 2 aromatic carbocycles. The van der Waals surface area contributed by atoms with Crippen LogP contribution >= 0.6 is 0 Å². The molecule has 168 valence electrons. The fourth-order valence-corrected chi connectivity index (χ4v) is 6.64. The third-order valence-corrected chi connectivity index (χ3v) is 8.29. The predicted octanol–water partition coefficient (Wildman–Crippen LogP) is 4.62. The Morgan fingerprint density at radius 1 is 0.879 bits per heavy atom. The molecule has 2 saturated carbocycles. The Morgan fingerprint density at radius 3 is 2.03 bits per heavy atom. The summed E-state index contributed by atoms with van der Waals surface area (Å²) in [5, 5.41) is 3.10. The molecule has 3 amide bonds. The van der Waals surface area contributed by atoms with Crippen LogP contribution in [0.1, 0.15) is 41.8 Å². The number of aryl methyl sites for hydroxylation is 2. The fraction of sp³-hybridized carbons (Fsp3) is 0.393. The molecule has 2 bridgehead atoms. The Morgan fingerprint density at radius 2 is 1.45 bits per heavy atom. The van der Waals surface area contributed by atoms with Crippen molar-refractivity contribution in [1.29, 1.82) is 0 Å². The van der Waals surface area contributed by atoms with Crippen molar-refractivity contribution in [2.24, 2.45) is 35.5 Å². The third kappa shape index (κ3) is 2.87. The van der Waals surface area contributed by atoms with E-state index in [0.29, 0.717) is 23.1 Å². The molecule has 1 saturated heterocycles. The molecule has 0 unspecified atom stereocenters. The molecule has 5 aliphatic rings. The molecular weight excluding hydrogens is 412 g/mol. The van der Waals surface area contributed by atoms with E-state index in [1.54, 1.807) is 24.3 Å². The number of rotatable bonds is 5. The Hall–Kier alpha value is -3.21. The van der Waals surface area contributed by atoms with Crippen molar-refractivity contribution in [3.05, 3.63) is 71.3 Å². The van der Waals surface area contributed by atoms with Crippen molar-refractivity contribution in [3.63, 3.8) is 0 Å². The number of benzene rings is 2. The summed E-state index contributed by atoms with van der Waals surface area (Å²) >= 11 is 0. The van der Waals surface area contributed by atoms with Gasteiger partial charge >= 0.3 is 0 Å². The molecule has 5 heteroatoms. The van der Waals surface area contributed by atoms with E-state index in [2.05, 4.69) is 31.3 Å². The zero-order chi connectivity index (χ0) is 22.9. The lowest BCUT2D eigenvalue weighted by Gasteiger charge is -2.37. The molecule has 3 fully saturated rings. The van der Waals surface area contributed by atoms with Gasteiger partial charge in [0.05, 0.1) is 23.1 Å². The molecule has 1 heterocycles. The normalized spacial score (nSPS) is 30.9. The predicted molar refractivity (Wildman–Crippen MR) is 127 cm³/mol. The second kappa shape index (κ2) is 7.41. The van der Waals surface area contributed by atoms with Gasteiger partial charge in [0.25, 0.3) is 5.91 Å². The van der Waals surface area contributed by atoms with Crippen molar-refractivity contribution in [2.75, 3.05) is 10.2 Å². The number of carbonyl (C=O) groups is 3. The Bertz CT molecular complexity index is 1160. The Balaban J connectivity index is 1.35. The quantitative estimate of drug-likeness (QED) is 0.545. The minimum Gasteiger partial charge on any atom is -0.321 e. The fourth-order valence-electron chi connectivity index (χ4n) is 6.64. The topological polar surface area (TPSA) is 66.5 Å². The van der Waals surface area contributed by atoms with Crippen LogP contribution in [0, 0.1) is 35.5 Å². The largest absolute Gasteiger partial charge is 0.321 e. The molecule has 7 rings (SSSR count). The summed E-state index contributed by atoms with van der Waals surface area (Å²) in [5.41, 5.74) is 3.73. The van der Waals surface area contributed by atoms with Crippen LogP contribution in [-0.2, 0) is 22.4 Å². The zero-order valence-corrected chi connectivity index (χ0v) is 19.0. The molecule has 4 aliphatic carbocycles. The molecule has 0 radical (unpaired) electrons. The number of anilines is 2. The minimum atomic E-state index is -0.291. The number of carbonyl (C=O) groups excluding carboxylic acids is 3. The van der Waals surface area contributed by atoms with E-state index in [4.69, 9.17) is 0 Å². The lowest BCUT2D eigenvalue weighted by molar-refractivity contribution is -0.124. The van der Waals surface area contributed by atoms with Crippen molar-refractivity contribution in [1.82, 2.24) is 0 Å². The summed E-state index contributed by atoms with van der Waals surface area (Å²) in [5.74, 6) is 0.299. The average Bonchev–Trinajstić information content (AvgIpc) is 3.62. The molecule has 6 atom stereocenters. The van der Waals surface area contributed by atoms with Gasteiger partial charge in [0, 0.05) is 5.69 Å². The number of allylic oxidation sites excluding steroid dienone is 2. The molecule has 1 N–H and O–H groups in total. The first-order chi connectivity index (χ1) is 16.0. The van der Waals surface area contributed by atoms with Gasteiger partial charge in [0.15, 0.2) is 0 Å². The average molecular weight is 441 g/mol. The van der Waals surface area contributed by atoms with E-state index in [1.165, 1.54) is 4.90 Å². The van der Waals surface area contributed by atoms with Crippen LogP contribution < -0.4 is 10.2 Å². The van der Waals surface area contributed by atoms with Crippen LogP contribution in [0.4, 0.5) is 11.4 Å². The Kier molecular flexibility index (Phi) is 4.58. The van der Waals surface area contributed by atoms with Gasteiger partial charge in [0.2, 0.25) is 11.8 Å². The van der Waals surface area contributed by atoms with Gasteiger partial charge in [-0.25, -0.2) is 4.90 Å². The van der Waals surface area contributed by atoms with Crippen LogP contribution in [-0.4, -0.2) is 17.7 Å². The number of imide groups is 1. The maximum Gasteiger partial charge on any atom is 0.257 e. The standard InChI is InChI=1S/C28H28N2O3/c1-3-15-8-7-9-16(4-2)25(15)29-26(31)19-10-5-6-11-22(19)30-27(32)23-17-12-13-18(21-14-20(17)21)24(23)28(30)33/h5-13,17-18,20-21,23-24H,3-4,14H2,1-2H3,(H,29,31)/t17-,18-,20-,21+,23-,24+/m0/s1. The second-order valence-corrected chi connectivity index (χ2v) is 9.80. The summed E-state index contributed by atoms with van der Waals surface area (Å²) in [6.45, 7) is 4.13. The van der Waals surface area contributed by atoms with Crippen LogP contribution in [0.25, 0.3) is 0 Å². The van der Waals surface area contributed by atoms with E-state index in [0.717, 1.165) is 36.1 Å². The maximum absolute atomic E-state index is 13.6. The van der Waals surface area contributed by atoms with Crippen molar-refractivity contribution in [2.45, 2.75) is 33.1 Å². The van der Waals surface area contributed by atoms with Gasteiger partial charge in [-0.15, -0.1) is 0 Å². The summed E-state index contributed by atoms with van der Waals surface area (Å²) < 4.78 is 0. The highest BCUT2D eigenvalue weighted by Gasteiger charge is 2.67. The van der Waals surface area contributed by atoms with Crippen LogP contribution in [0.15, 0.2) is 54.6 Å². The maximum atomic E-state index is 13.6. The van der Waals surface area contributed by atoms with Crippen molar-refractivity contribution >= 4 is 29.1 Å². The second-order valence-electron chi connectivity index (χ2n) is 9.80.